The first-order valence-corrected chi connectivity index (χ1v) is 18.0. The molecule has 0 spiro atoms. The van der Waals surface area contributed by atoms with E-state index < -0.39 is 8.32 Å². The Hall–Kier alpha value is -4.03. The van der Waals surface area contributed by atoms with E-state index in [-0.39, 0.29) is 36.2 Å². The van der Waals surface area contributed by atoms with Crippen molar-refractivity contribution < 1.29 is 28.9 Å². The molecule has 2 aliphatic heterocycles. The summed E-state index contributed by atoms with van der Waals surface area (Å²) in [5.74, 6) is 1.49. The number of hydrogen-bond acceptors (Lipinski definition) is 8. The van der Waals surface area contributed by atoms with Crippen LogP contribution >= 0.6 is 0 Å². The summed E-state index contributed by atoms with van der Waals surface area (Å²) in [5, 5.41) is 17.6. The summed E-state index contributed by atoms with van der Waals surface area (Å²) in [6, 6.07) is 20.5. The SMILES string of the molecule is CO[C@@H]1c2cc(N3C(=O)c4ccccc4Oc4ccccc43)ccc2O[C@H](C(CCn2cc(CCO)nn2)[Si](C)(C)O)[C@H]1C. The highest BCUT2D eigenvalue weighted by Crippen LogP contribution is 2.49. The van der Waals surface area contributed by atoms with E-state index in [4.69, 9.17) is 14.2 Å². The van der Waals surface area contributed by atoms with E-state index >= 15 is 0 Å². The van der Waals surface area contributed by atoms with Crippen LogP contribution in [0, 0.1) is 5.92 Å². The third-order valence-corrected chi connectivity index (χ3v) is 11.1. The molecule has 0 radical (unpaired) electrons. The zero-order valence-corrected chi connectivity index (χ0v) is 26.4. The molecule has 2 N–H and O–H groups in total. The predicted molar refractivity (Wildman–Crippen MR) is 168 cm³/mol. The number of ether oxygens (including phenoxy) is 3. The lowest BCUT2D eigenvalue weighted by atomic mass is 9.86. The maximum atomic E-state index is 14.0. The second kappa shape index (κ2) is 12.2. The van der Waals surface area contributed by atoms with Crippen molar-refractivity contribution in [2.75, 3.05) is 18.6 Å². The monoisotopic (exact) mass is 614 g/mol. The van der Waals surface area contributed by atoms with E-state index in [0.717, 1.165) is 11.3 Å². The van der Waals surface area contributed by atoms with Gasteiger partial charge in [0.1, 0.15) is 17.6 Å². The number of rotatable bonds is 9. The van der Waals surface area contributed by atoms with Crippen molar-refractivity contribution in [2.45, 2.75) is 57.2 Å². The van der Waals surface area contributed by atoms with E-state index in [0.29, 0.717) is 53.6 Å². The van der Waals surface area contributed by atoms with Gasteiger partial charge in [-0.3, -0.25) is 14.4 Å². The number of nitrogens with zero attached hydrogens (tertiary/aromatic N) is 4. The van der Waals surface area contributed by atoms with Crippen LogP contribution in [0.5, 0.6) is 17.2 Å². The average molecular weight is 615 g/mol. The van der Waals surface area contributed by atoms with Crippen molar-refractivity contribution in [2.24, 2.45) is 5.92 Å². The van der Waals surface area contributed by atoms with Crippen LogP contribution in [0.25, 0.3) is 0 Å². The van der Waals surface area contributed by atoms with Crippen LogP contribution in [0.1, 0.15) is 41.1 Å². The predicted octanol–water partition coefficient (Wildman–Crippen LogP) is 5.64. The summed E-state index contributed by atoms with van der Waals surface area (Å²) in [7, 11) is -1.03. The number of methoxy groups -OCH3 is 1. The number of anilines is 2. The van der Waals surface area contributed by atoms with E-state index in [2.05, 4.69) is 17.2 Å². The van der Waals surface area contributed by atoms with E-state index in [1.807, 2.05) is 73.9 Å². The fraction of sp³-hybridized carbons (Fsp3) is 0.364. The van der Waals surface area contributed by atoms with Gasteiger partial charge in [0.15, 0.2) is 14.1 Å². The van der Waals surface area contributed by atoms with Gasteiger partial charge in [-0.05, 0) is 62.0 Å². The van der Waals surface area contributed by atoms with Crippen LogP contribution in [0.3, 0.4) is 0 Å². The smallest absolute Gasteiger partial charge is 0.266 e. The standard InChI is InChI=1S/C33H38N4O6Si/c1-21-31(41-2)25-19-23(37-26-10-6-8-12-29(26)42-27-11-7-5-9-24(27)33(37)39)13-14-28(25)43-32(21)30(44(3,4)40)15-17-36-20-22(16-18-38)34-35-36/h5-14,19-21,30-32,38,40H,15-18H2,1-4H3/t21-,30?,31-,32-/m0/s1. The second-order valence-corrected chi connectivity index (χ2v) is 16.1. The molecule has 0 bridgehead atoms. The van der Waals surface area contributed by atoms with Crippen molar-refractivity contribution in [3.05, 3.63) is 89.7 Å². The number of aromatic nitrogens is 3. The van der Waals surface area contributed by atoms with E-state index in [9.17, 15) is 14.7 Å². The minimum Gasteiger partial charge on any atom is -0.490 e. The fourth-order valence-electron chi connectivity index (χ4n) is 6.44. The Kier molecular flexibility index (Phi) is 8.29. The number of hydrogen-bond donors (Lipinski definition) is 2. The first-order chi connectivity index (χ1) is 21.2. The summed E-state index contributed by atoms with van der Waals surface area (Å²) in [5.41, 5.74) is 3.25. The number of amides is 1. The lowest BCUT2D eigenvalue weighted by Crippen LogP contribution is -2.48. The van der Waals surface area contributed by atoms with E-state index in [1.54, 1.807) is 28.8 Å². The normalized spacial score (nSPS) is 20.1. The van der Waals surface area contributed by atoms with Crippen LogP contribution in [-0.2, 0) is 17.7 Å². The summed E-state index contributed by atoms with van der Waals surface area (Å²) in [6.45, 7) is 6.55. The Labute approximate surface area is 257 Å². The molecule has 10 nitrogen and oxygen atoms in total. The van der Waals surface area contributed by atoms with Crippen LogP contribution in [0.2, 0.25) is 18.6 Å². The highest BCUT2D eigenvalue weighted by Gasteiger charge is 2.46. The largest absolute Gasteiger partial charge is 0.490 e. The molecule has 4 atom stereocenters. The molecular weight excluding hydrogens is 576 g/mol. The number of aliphatic hydroxyl groups is 1. The van der Waals surface area contributed by atoms with Crippen molar-refractivity contribution in [1.82, 2.24) is 15.0 Å². The van der Waals surface area contributed by atoms with Crippen LogP contribution in [0.4, 0.5) is 11.4 Å². The molecule has 4 aromatic rings. The minimum absolute atomic E-state index is 0.0182. The lowest BCUT2D eigenvalue weighted by Gasteiger charge is -2.44. The quantitative estimate of drug-likeness (QED) is 0.233. The summed E-state index contributed by atoms with van der Waals surface area (Å²) < 4.78 is 20.8. The maximum absolute atomic E-state index is 14.0. The van der Waals surface area contributed by atoms with Gasteiger partial charge in [-0.2, -0.15) is 0 Å². The molecule has 0 aliphatic carbocycles. The highest BCUT2D eigenvalue weighted by atomic mass is 28.4. The number of para-hydroxylation sites is 3. The molecule has 0 saturated carbocycles. The molecule has 3 heterocycles. The van der Waals surface area contributed by atoms with Crippen molar-refractivity contribution in [3.63, 3.8) is 0 Å². The first-order valence-electron chi connectivity index (χ1n) is 15.0. The molecule has 2 aliphatic rings. The zero-order valence-electron chi connectivity index (χ0n) is 25.4. The van der Waals surface area contributed by atoms with Crippen molar-refractivity contribution in [3.8, 4) is 17.2 Å². The van der Waals surface area contributed by atoms with Gasteiger partial charge in [0.25, 0.3) is 5.91 Å². The molecular formula is C33H38N4O6Si. The summed E-state index contributed by atoms with van der Waals surface area (Å²) in [6.07, 6.45) is 2.31. The maximum Gasteiger partial charge on any atom is 0.266 e. The third kappa shape index (κ3) is 5.63. The fourth-order valence-corrected chi connectivity index (χ4v) is 8.45. The molecule has 6 rings (SSSR count). The Bertz CT molecular complexity index is 1650. The third-order valence-electron chi connectivity index (χ3n) is 8.64. The molecule has 230 valence electrons. The molecule has 1 unspecified atom stereocenters. The van der Waals surface area contributed by atoms with Crippen LogP contribution in [-0.4, -0.2) is 58.9 Å². The van der Waals surface area contributed by atoms with Gasteiger partial charge in [-0.1, -0.05) is 36.4 Å². The van der Waals surface area contributed by atoms with Gasteiger partial charge in [-0.15, -0.1) is 5.10 Å². The van der Waals surface area contributed by atoms with Crippen molar-refractivity contribution >= 4 is 25.6 Å². The molecule has 3 aromatic carbocycles. The van der Waals surface area contributed by atoms with Gasteiger partial charge in [0.2, 0.25) is 0 Å². The Morgan fingerprint density at radius 3 is 2.55 bits per heavy atom. The first kappa shape index (κ1) is 30.0. The van der Waals surface area contributed by atoms with Gasteiger partial charge in [0.05, 0.1) is 28.7 Å². The lowest BCUT2D eigenvalue weighted by molar-refractivity contribution is -0.0247. The van der Waals surface area contributed by atoms with Gasteiger partial charge in [0, 0.05) is 49.9 Å². The topological polar surface area (TPSA) is 119 Å². The molecule has 1 aromatic heterocycles. The number of benzene rings is 3. The number of fused-ring (bicyclic) bond motifs is 3. The van der Waals surface area contributed by atoms with Crippen LogP contribution in [0.15, 0.2) is 72.9 Å². The molecule has 44 heavy (non-hydrogen) atoms. The average Bonchev–Trinajstić information content (AvgIpc) is 3.40. The number of aliphatic hydroxyl groups excluding tert-OH is 1. The minimum atomic E-state index is -2.72. The second-order valence-electron chi connectivity index (χ2n) is 12.0. The summed E-state index contributed by atoms with van der Waals surface area (Å²) >= 11 is 0. The Morgan fingerprint density at radius 1 is 1.05 bits per heavy atom. The molecule has 0 fully saturated rings. The number of carbonyl (C=O) groups is 1. The van der Waals surface area contributed by atoms with Gasteiger partial charge in [-0.25, -0.2) is 0 Å². The zero-order chi connectivity index (χ0) is 31.0. The van der Waals surface area contributed by atoms with Crippen molar-refractivity contribution in [1.29, 1.82) is 0 Å². The highest BCUT2D eigenvalue weighted by molar-refractivity contribution is 6.71. The molecule has 0 saturated heterocycles. The van der Waals surface area contributed by atoms with E-state index in [1.165, 1.54) is 0 Å². The molecule has 1 amide bonds. The summed E-state index contributed by atoms with van der Waals surface area (Å²) in [4.78, 5) is 27.1. The van der Waals surface area contributed by atoms with Crippen LogP contribution < -0.4 is 14.4 Å². The number of carbonyl (C=O) groups excluding carboxylic acids is 1. The van der Waals surface area contributed by atoms with Gasteiger partial charge >= 0.3 is 0 Å². The number of aryl methyl sites for hydroxylation is 1. The van der Waals surface area contributed by atoms with Gasteiger partial charge < -0.3 is 24.1 Å². The molecule has 11 heteroatoms. The Morgan fingerprint density at radius 2 is 1.80 bits per heavy atom. The Balaban J connectivity index is 1.33.